The molecule has 0 aliphatic rings. The van der Waals surface area contributed by atoms with Crippen molar-refractivity contribution in [1.29, 1.82) is 0 Å². The lowest BCUT2D eigenvalue weighted by molar-refractivity contribution is 0.0696. The molecule has 0 amide bonds. The predicted molar refractivity (Wildman–Crippen MR) is 74.5 cm³/mol. The van der Waals surface area contributed by atoms with Gasteiger partial charge < -0.3 is 5.11 Å². The van der Waals surface area contributed by atoms with Crippen LogP contribution in [-0.2, 0) is 12.8 Å². The zero-order chi connectivity index (χ0) is 13.8. The standard InChI is InChI=1S/C16H17NO2/c1-11-5-13(8-15(7-11)16(18)19)3-4-14-6-12(2)9-17-10-14/h5-10H,3-4H2,1-2H3,(H,18,19). The van der Waals surface area contributed by atoms with Crippen LogP contribution in [0.2, 0.25) is 0 Å². The Labute approximate surface area is 112 Å². The third-order valence-electron chi connectivity index (χ3n) is 3.02. The SMILES string of the molecule is Cc1cncc(CCc2cc(C)cc(C(=O)O)c2)c1. The Kier molecular flexibility index (Phi) is 3.95. The lowest BCUT2D eigenvalue weighted by Gasteiger charge is -2.06. The van der Waals surface area contributed by atoms with Gasteiger partial charge in [-0.05, 0) is 55.5 Å². The van der Waals surface area contributed by atoms with Crippen molar-refractivity contribution in [2.75, 3.05) is 0 Å². The predicted octanol–water partition coefficient (Wildman–Crippen LogP) is 3.18. The summed E-state index contributed by atoms with van der Waals surface area (Å²) < 4.78 is 0. The first kappa shape index (κ1) is 13.3. The average Bonchev–Trinajstić information content (AvgIpc) is 2.36. The molecular formula is C16H17NO2. The Hall–Kier alpha value is -2.16. The number of rotatable bonds is 4. The van der Waals surface area contributed by atoms with E-state index in [4.69, 9.17) is 5.11 Å². The number of carboxylic acids is 1. The van der Waals surface area contributed by atoms with Gasteiger partial charge in [0.25, 0.3) is 0 Å². The maximum Gasteiger partial charge on any atom is 0.335 e. The highest BCUT2D eigenvalue weighted by Gasteiger charge is 2.05. The van der Waals surface area contributed by atoms with E-state index in [1.807, 2.05) is 32.3 Å². The van der Waals surface area contributed by atoms with Crippen LogP contribution in [0.5, 0.6) is 0 Å². The molecule has 0 atom stereocenters. The molecule has 0 aliphatic heterocycles. The zero-order valence-electron chi connectivity index (χ0n) is 11.2. The third-order valence-corrected chi connectivity index (χ3v) is 3.02. The molecule has 0 spiro atoms. The van der Waals surface area contributed by atoms with Crippen molar-refractivity contribution in [3.63, 3.8) is 0 Å². The van der Waals surface area contributed by atoms with E-state index in [2.05, 4.69) is 11.1 Å². The summed E-state index contributed by atoms with van der Waals surface area (Å²) in [6, 6.07) is 7.59. The number of benzene rings is 1. The van der Waals surface area contributed by atoms with Gasteiger partial charge in [-0.25, -0.2) is 4.79 Å². The first-order valence-corrected chi connectivity index (χ1v) is 6.29. The molecular weight excluding hydrogens is 238 g/mol. The van der Waals surface area contributed by atoms with Crippen molar-refractivity contribution in [3.05, 3.63) is 64.5 Å². The quantitative estimate of drug-likeness (QED) is 0.912. The van der Waals surface area contributed by atoms with Crippen LogP contribution in [0.15, 0.2) is 36.7 Å². The maximum atomic E-state index is 11.0. The van der Waals surface area contributed by atoms with Crippen LogP contribution < -0.4 is 0 Å². The zero-order valence-corrected chi connectivity index (χ0v) is 11.2. The van der Waals surface area contributed by atoms with Gasteiger partial charge in [-0.2, -0.15) is 0 Å². The first-order valence-electron chi connectivity index (χ1n) is 6.29. The topological polar surface area (TPSA) is 50.2 Å². The van der Waals surface area contributed by atoms with Gasteiger partial charge in [0.15, 0.2) is 0 Å². The molecule has 3 nitrogen and oxygen atoms in total. The summed E-state index contributed by atoms with van der Waals surface area (Å²) in [6.07, 6.45) is 5.39. The van der Waals surface area contributed by atoms with E-state index in [0.29, 0.717) is 5.56 Å². The Balaban J connectivity index is 2.13. The number of hydrogen-bond acceptors (Lipinski definition) is 2. The second-order valence-electron chi connectivity index (χ2n) is 4.88. The molecule has 1 heterocycles. The highest BCUT2D eigenvalue weighted by Crippen LogP contribution is 2.13. The van der Waals surface area contributed by atoms with Gasteiger partial charge in [0, 0.05) is 12.4 Å². The van der Waals surface area contributed by atoms with Crippen LogP contribution in [0.25, 0.3) is 0 Å². The number of aromatic nitrogens is 1. The summed E-state index contributed by atoms with van der Waals surface area (Å²) >= 11 is 0. The summed E-state index contributed by atoms with van der Waals surface area (Å²) in [4.78, 5) is 15.2. The lowest BCUT2D eigenvalue weighted by Crippen LogP contribution is -2.00. The minimum atomic E-state index is -0.873. The molecule has 1 aromatic heterocycles. The Morgan fingerprint density at radius 3 is 2.37 bits per heavy atom. The maximum absolute atomic E-state index is 11.0. The summed E-state index contributed by atoms with van der Waals surface area (Å²) in [6.45, 7) is 3.94. The lowest BCUT2D eigenvalue weighted by atomic mass is 10.0. The van der Waals surface area contributed by atoms with Crippen molar-refractivity contribution in [1.82, 2.24) is 4.98 Å². The van der Waals surface area contributed by atoms with E-state index in [1.54, 1.807) is 12.1 Å². The number of carboxylic acid groups (broad SMARTS) is 1. The fourth-order valence-electron chi connectivity index (χ4n) is 2.17. The second-order valence-corrected chi connectivity index (χ2v) is 4.88. The molecule has 0 radical (unpaired) electrons. The Bertz CT molecular complexity index is 605. The Morgan fingerprint density at radius 1 is 1.00 bits per heavy atom. The third kappa shape index (κ3) is 3.65. The van der Waals surface area contributed by atoms with Crippen LogP contribution in [-0.4, -0.2) is 16.1 Å². The number of nitrogens with zero attached hydrogens (tertiary/aromatic N) is 1. The molecule has 0 saturated heterocycles. The second kappa shape index (κ2) is 5.65. The summed E-state index contributed by atoms with van der Waals surface area (Å²) in [7, 11) is 0. The minimum absolute atomic E-state index is 0.359. The van der Waals surface area contributed by atoms with E-state index in [-0.39, 0.29) is 0 Å². The van der Waals surface area contributed by atoms with E-state index >= 15 is 0 Å². The first-order chi connectivity index (χ1) is 9.04. The van der Waals surface area contributed by atoms with Gasteiger partial charge in [0.05, 0.1) is 5.56 Å². The number of aryl methyl sites for hydroxylation is 4. The fourth-order valence-corrected chi connectivity index (χ4v) is 2.17. The van der Waals surface area contributed by atoms with Gasteiger partial charge in [-0.3, -0.25) is 4.98 Å². The number of hydrogen-bond donors (Lipinski definition) is 1. The van der Waals surface area contributed by atoms with Gasteiger partial charge >= 0.3 is 5.97 Å². The van der Waals surface area contributed by atoms with E-state index < -0.39 is 5.97 Å². The van der Waals surface area contributed by atoms with Crippen LogP contribution in [0.1, 0.15) is 32.6 Å². The summed E-state index contributed by atoms with van der Waals surface area (Å²) in [5, 5.41) is 9.05. The van der Waals surface area contributed by atoms with E-state index in [0.717, 1.165) is 29.5 Å². The van der Waals surface area contributed by atoms with E-state index in [9.17, 15) is 4.79 Å². The molecule has 2 rings (SSSR count). The van der Waals surface area contributed by atoms with Gasteiger partial charge in [-0.1, -0.05) is 17.7 Å². The van der Waals surface area contributed by atoms with E-state index in [1.165, 1.54) is 5.56 Å². The molecule has 0 unspecified atom stereocenters. The molecule has 2 aromatic rings. The molecule has 3 heteroatoms. The fraction of sp³-hybridized carbons (Fsp3) is 0.250. The van der Waals surface area contributed by atoms with Crippen LogP contribution in [0.3, 0.4) is 0 Å². The monoisotopic (exact) mass is 255 g/mol. The molecule has 19 heavy (non-hydrogen) atoms. The normalized spacial score (nSPS) is 10.4. The highest BCUT2D eigenvalue weighted by atomic mass is 16.4. The molecule has 0 saturated carbocycles. The van der Waals surface area contributed by atoms with Crippen LogP contribution in [0.4, 0.5) is 0 Å². The van der Waals surface area contributed by atoms with Gasteiger partial charge in [-0.15, -0.1) is 0 Å². The number of pyridine rings is 1. The van der Waals surface area contributed by atoms with Crippen molar-refractivity contribution in [3.8, 4) is 0 Å². The van der Waals surface area contributed by atoms with Crippen molar-refractivity contribution < 1.29 is 9.90 Å². The van der Waals surface area contributed by atoms with Crippen molar-refractivity contribution >= 4 is 5.97 Å². The molecule has 1 aromatic carbocycles. The van der Waals surface area contributed by atoms with Crippen molar-refractivity contribution in [2.45, 2.75) is 26.7 Å². The van der Waals surface area contributed by atoms with Crippen LogP contribution in [0, 0.1) is 13.8 Å². The Morgan fingerprint density at radius 2 is 1.68 bits per heavy atom. The molecule has 98 valence electrons. The number of aromatic carboxylic acids is 1. The number of carbonyl (C=O) groups is 1. The molecule has 0 aliphatic carbocycles. The average molecular weight is 255 g/mol. The molecule has 0 bridgehead atoms. The molecule has 0 fully saturated rings. The van der Waals surface area contributed by atoms with Crippen molar-refractivity contribution in [2.24, 2.45) is 0 Å². The highest BCUT2D eigenvalue weighted by molar-refractivity contribution is 5.88. The van der Waals surface area contributed by atoms with Gasteiger partial charge in [0.2, 0.25) is 0 Å². The molecule has 1 N–H and O–H groups in total. The summed E-state index contributed by atoms with van der Waals surface area (Å²) in [5.74, 6) is -0.873. The van der Waals surface area contributed by atoms with Crippen LogP contribution >= 0.6 is 0 Å². The van der Waals surface area contributed by atoms with Gasteiger partial charge in [0.1, 0.15) is 0 Å². The summed E-state index contributed by atoms with van der Waals surface area (Å²) in [5.41, 5.74) is 4.72. The largest absolute Gasteiger partial charge is 0.478 e. The minimum Gasteiger partial charge on any atom is -0.478 e. The smallest absolute Gasteiger partial charge is 0.335 e.